The summed E-state index contributed by atoms with van der Waals surface area (Å²) in [7, 11) is 1.69. The van der Waals surface area contributed by atoms with Crippen LogP contribution in [0.15, 0.2) is 12.1 Å². The molecule has 3 N–H and O–H groups in total. The molecule has 19 heavy (non-hydrogen) atoms. The van der Waals surface area contributed by atoms with E-state index in [0.29, 0.717) is 19.3 Å². The number of fused-ring (bicyclic) bond motifs is 1. The fourth-order valence-electron chi connectivity index (χ4n) is 2.23. The van der Waals surface area contributed by atoms with Crippen molar-refractivity contribution in [2.24, 2.45) is 0 Å². The summed E-state index contributed by atoms with van der Waals surface area (Å²) in [4.78, 5) is 2.27. The molecule has 1 aliphatic rings. The van der Waals surface area contributed by atoms with Gasteiger partial charge < -0.3 is 25.4 Å². The van der Waals surface area contributed by atoms with E-state index in [4.69, 9.17) is 15.2 Å². The molecule has 5 heteroatoms. The van der Waals surface area contributed by atoms with Gasteiger partial charge in [0.1, 0.15) is 5.75 Å². The molecule has 2 rings (SSSR count). The molecule has 5 nitrogen and oxygen atoms in total. The van der Waals surface area contributed by atoms with E-state index in [-0.39, 0.29) is 0 Å². The van der Waals surface area contributed by atoms with Crippen molar-refractivity contribution in [3.63, 3.8) is 0 Å². The Morgan fingerprint density at radius 3 is 2.84 bits per heavy atom. The Bertz CT molecular complexity index is 435. The van der Waals surface area contributed by atoms with Gasteiger partial charge in [-0.3, -0.25) is 0 Å². The molecular formula is C14H23N3O2. The predicted octanol–water partition coefficient (Wildman–Crippen LogP) is 2.28. The molecule has 1 aromatic rings. The SMILES string of the molecule is COCCCOc1cc(N)c2c(c1)N(C(C)C)CN2. The summed E-state index contributed by atoms with van der Waals surface area (Å²) < 4.78 is 10.7. The first kappa shape index (κ1) is 13.8. The van der Waals surface area contributed by atoms with E-state index in [9.17, 15) is 0 Å². The monoisotopic (exact) mass is 265 g/mol. The van der Waals surface area contributed by atoms with Crippen LogP contribution in [0.1, 0.15) is 20.3 Å². The molecule has 0 bridgehead atoms. The van der Waals surface area contributed by atoms with Crippen LogP contribution in [0.4, 0.5) is 17.1 Å². The van der Waals surface area contributed by atoms with E-state index < -0.39 is 0 Å². The molecule has 0 saturated carbocycles. The molecule has 0 saturated heterocycles. The molecular weight excluding hydrogens is 242 g/mol. The molecule has 1 heterocycles. The van der Waals surface area contributed by atoms with Gasteiger partial charge in [-0.15, -0.1) is 0 Å². The van der Waals surface area contributed by atoms with Crippen molar-refractivity contribution < 1.29 is 9.47 Å². The topological polar surface area (TPSA) is 59.8 Å². The van der Waals surface area contributed by atoms with Crippen LogP contribution >= 0.6 is 0 Å². The van der Waals surface area contributed by atoms with Crippen LogP contribution in [0.3, 0.4) is 0 Å². The third-order valence-corrected chi connectivity index (χ3v) is 3.24. The third kappa shape index (κ3) is 3.04. The molecule has 1 aromatic carbocycles. The fourth-order valence-corrected chi connectivity index (χ4v) is 2.23. The van der Waals surface area contributed by atoms with Gasteiger partial charge in [0.25, 0.3) is 0 Å². The van der Waals surface area contributed by atoms with E-state index in [2.05, 4.69) is 30.1 Å². The molecule has 0 aliphatic carbocycles. The standard InChI is InChI=1S/C14H23N3O2/c1-10(2)17-9-16-14-12(15)7-11(8-13(14)17)19-6-4-5-18-3/h7-8,10,16H,4-6,9,15H2,1-3H3. The molecule has 0 fully saturated rings. The normalized spacial score (nSPS) is 13.6. The van der Waals surface area contributed by atoms with Gasteiger partial charge >= 0.3 is 0 Å². The zero-order valence-corrected chi connectivity index (χ0v) is 11.9. The lowest BCUT2D eigenvalue weighted by atomic mass is 10.2. The molecule has 0 atom stereocenters. The van der Waals surface area contributed by atoms with E-state index in [0.717, 1.165) is 35.9 Å². The van der Waals surface area contributed by atoms with Crippen LogP contribution in [0, 0.1) is 0 Å². The Morgan fingerprint density at radius 2 is 2.16 bits per heavy atom. The van der Waals surface area contributed by atoms with E-state index in [1.54, 1.807) is 7.11 Å². The van der Waals surface area contributed by atoms with Crippen molar-refractivity contribution in [1.82, 2.24) is 0 Å². The highest BCUT2D eigenvalue weighted by atomic mass is 16.5. The molecule has 0 radical (unpaired) electrons. The number of anilines is 3. The van der Waals surface area contributed by atoms with Crippen molar-refractivity contribution in [3.8, 4) is 5.75 Å². The Balaban J connectivity index is 2.11. The number of nitrogen functional groups attached to an aromatic ring is 1. The maximum Gasteiger partial charge on any atom is 0.123 e. The second kappa shape index (κ2) is 6.02. The van der Waals surface area contributed by atoms with Crippen molar-refractivity contribution >= 4 is 17.1 Å². The summed E-state index contributed by atoms with van der Waals surface area (Å²) in [6, 6.07) is 4.36. The lowest BCUT2D eigenvalue weighted by Crippen LogP contribution is -2.30. The molecule has 1 aliphatic heterocycles. The maximum atomic E-state index is 6.07. The Kier molecular flexibility index (Phi) is 4.37. The smallest absolute Gasteiger partial charge is 0.123 e. The zero-order chi connectivity index (χ0) is 13.8. The van der Waals surface area contributed by atoms with E-state index in [1.165, 1.54) is 0 Å². The largest absolute Gasteiger partial charge is 0.493 e. The Hall–Kier alpha value is -1.62. The van der Waals surface area contributed by atoms with Crippen LogP contribution in [0.25, 0.3) is 0 Å². The maximum absolute atomic E-state index is 6.07. The number of methoxy groups -OCH3 is 1. The summed E-state index contributed by atoms with van der Waals surface area (Å²) in [6.45, 7) is 6.48. The number of ether oxygens (including phenoxy) is 2. The minimum absolute atomic E-state index is 0.428. The first-order valence-corrected chi connectivity index (χ1v) is 6.69. The summed E-state index contributed by atoms with van der Waals surface area (Å²) in [5, 5.41) is 3.33. The second-order valence-electron chi connectivity index (χ2n) is 5.00. The average Bonchev–Trinajstić information content (AvgIpc) is 2.79. The minimum atomic E-state index is 0.428. The van der Waals surface area contributed by atoms with Crippen LogP contribution < -0.4 is 20.7 Å². The van der Waals surface area contributed by atoms with Crippen LogP contribution in [0.5, 0.6) is 5.75 Å². The molecule has 106 valence electrons. The van der Waals surface area contributed by atoms with Gasteiger partial charge in [-0.05, 0) is 13.8 Å². The number of nitrogens with zero attached hydrogens (tertiary/aromatic N) is 1. The Labute approximate surface area is 114 Å². The number of hydrogen-bond acceptors (Lipinski definition) is 5. The average molecular weight is 265 g/mol. The lowest BCUT2D eigenvalue weighted by molar-refractivity contribution is 0.172. The molecule has 0 unspecified atom stereocenters. The molecule has 0 amide bonds. The molecule has 0 spiro atoms. The first-order valence-electron chi connectivity index (χ1n) is 6.69. The van der Waals surface area contributed by atoms with Crippen LogP contribution in [-0.4, -0.2) is 33.0 Å². The van der Waals surface area contributed by atoms with Crippen LogP contribution in [-0.2, 0) is 4.74 Å². The number of hydrogen-bond donors (Lipinski definition) is 2. The van der Waals surface area contributed by atoms with Crippen LogP contribution in [0.2, 0.25) is 0 Å². The fraction of sp³-hybridized carbons (Fsp3) is 0.571. The van der Waals surface area contributed by atoms with Gasteiger partial charge in [0.05, 0.1) is 30.3 Å². The quantitative estimate of drug-likeness (QED) is 0.610. The lowest BCUT2D eigenvalue weighted by Gasteiger charge is -2.23. The minimum Gasteiger partial charge on any atom is -0.493 e. The van der Waals surface area contributed by atoms with Gasteiger partial charge in [-0.25, -0.2) is 0 Å². The molecule has 0 aromatic heterocycles. The van der Waals surface area contributed by atoms with Gasteiger partial charge in [-0.2, -0.15) is 0 Å². The van der Waals surface area contributed by atoms with Crippen molar-refractivity contribution in [1.29, 1.82) is 0 Å². The van der Waals surface area contributed by atoms with E-state index in [1.807, 2.05) is 6.07 Å². The number of benzene rings is 1. The summed E-state index contributed by atoms with van der Waals surface area (Å²) in [5.74, 6) is 0.821. The van der Waals surface area contributed by atoms with Crippen molar-refractivity contribution in [2.45, 2.75) is 26.3 Å². The Morgan fingerprint density at radius 1 is 1.37 bits per heavy atom. The van der Waals surface area contributed by atoms with Gasteiger partial charge in [0.2, 0.25) is 0 Å². The second-order valence-corrected chi connectivity index (χ2v) is 5.00. The van der Waals surface area contributed by atoms with Gasteiger partial charge in [-0.1, -0.05) is 0 Å². The summed E-state index contributed by atoms with van der Waals surface area (Å²) >= 11 is 0. The highest BCUT2D eigenvalue weighted by Crippen LogP contribution is 2.40. The predicted molar refractivity (Wildman–Crippen MR) is 78.9 cm³/mol. The van der Waals surface area contributed by atoms with Crippen molar-refractivity contribution in [3.05, 3.63) is 12.1 Å². The zero-order valence-electron chi connectivity index (χ0n) is 11.9. The van der Waals surface area contributed by atoms with E-state index >= 15 is 0 Å². The van der Waals surface area contributed by atoms with Crippen molar-refractivity contribution in [2.75, 3.05) is 42.9 Å². The number of nitrogens with one attached hydrogen (secondary N) is 1. The highest BCUT2D eigenvalue weighted by Gasteiger charge is 2.23. The summed E-state index contributed by atoms with van der Waals surface area (Å²) in [5.41, 5.74) is 8.94. The summed E-state index contributed by atoms with van der Waals surface area (Å²) in [6.07, 6.45) is 0.875. The number of rotatable bonds is 6. The third-order valence-electron chi connectivity index (χ3n) is 3.24. The van der Waals surface area contributed by atoms with Gasteiger partial charge in [0.15, 0.2) is 0 Å². The van der Waals surface area contributed by atoms with Gasteiger partial charge in [0, 0.05) is 38.3 Å². The highest BCUT2D eigenvalue weighted by molar-refractivity contribution is 5.87. The number of nitrogens with two attached hydrogens (primary N) is 1. The first-order chi connectivity index (χ1) is 9.13.